The van der Waals surface area contributed by atoms with Crippen molar-refractivity contribution in [2.75, 3.05) is 0 Å². The van der Waals surface area contributed by atoms with E-state index in [4.69, 9.17) is 9.84 Å². The number of pyridine rings is 1. The second kappa shape index (κ2) is 4.00. The maximum atomic E-state index is 11.7. The highest BCUT2D eigenvalue weighted by Gasteiger charge is 2.28. The van der Waals surface area contributed by atoms with Crippen molar-refractivity contribution in [1.29, 1.82) is 0 Å². The SMILES string of the molecule is Cc1c2c([nH]c(=O)c1C(=O)O)CC(C)OC2C. The summed E-state index contributed by atoms with van der Waals surface area (Å²) < 4.78 is 5.65. The van der Waals surface area contributed by atoms with Gasteiger partial charge in [0.1, 0.15) is 5.56 Å². The van der Waals surface area contributed by atoms with Crippen LogP contribution in [0.25, 0.3) is 0 Å². The molecule has 0 aliphatic carbocycles. The number of aromatic amines is 1. The van der Waals surface area contributed by atoms with E-state index in [1.165, 1.54) is 0 Å². The molecule has 5 nitrogen and oxygen atoms in total. The molecule has 0 amide bonds. The van der Waals surface area contributed by atoms with Gasteiger partial charge < -0.3 is 14.8 Å². The van der Waals surface area contributed by atoms with Crippen molar-refractivity contribution in [3.63, 3.8) is 0 Å². The van der Waals surface area contributed by atoms with Crippen LogP contribution in [0.5, 0.6) is 0 Å². The number of aromatic carboxylic acids is 1. The van der Waals surface area contributed by atoms with E-state index in [0.717, 1.165) is 11.3 Å². The Balaban J connectivity index is 2.70. The van der Waals surface area contributed by atoms with E-state index in [0.29, 0.717) is 12.0 Å². The summed E-state index contributed by atoms with van der Waals surface area (Å²) in [6.07, 6.45) is 0.447. The van der Waals surface area contributed by atoms with Gasteiger partial charge in [-0.15, -0.1) is 0 Å². The summed E-state index contributed by atoms with van der Waals surface area (Å²) in [4.78, 5) is 25.4. The molecule has 0 radical (unpaired) electrons. The molecule has 0 aromatic carbocycles. The van der Waals surface area contributed by atoms with Crippen molar-refractivity contribution in [2.45, 2.75) is 39.4 Å². The molecule has 1 aromatic heterocycles. The fraction of sp³-hybridized carbons (Fsp3) is 0.500. The molecular weight excluding hydrogens is 222 g/mol. The van der Waals surface area contributed by atoms with Crippen molar-refractivity contribution < 1.29 is 14.6 Å². The Bertz CT molecular complexity index is 532. The van der Waals surface area contributed by atoms with Crippen molar-refractivity contribution in [1.82, 2.24) is 4.98 Å². The number of rotatable bonds is 1. The molecule has 1 aliphatic rings. The molecule has 17 heavy (non-hydrogen) atoms. The normalized spacial score (nSPS) is 23.2. The summed E-state index contributed by atoms with van der Waals surface area (Å²) >= 11 is 0. The standard InChI is InChI=1S/C12H15NO4/c1-5-4-8-9(7(3)17-5)6(2)10(12(15)16)11(14)13-8/h5,7H,4H2,1-3H3,(H,13,14)(H,15,16). The summed E-state index contributed by atoms with van der Waals surface area (Å²) in [5.41, 5.74) is 1.39. The van der Waals surface area contributed by atoms with Gasteiger partial charge in [0.15, 0.2) is 0 Å². The third kappa shape index (κ3) is 1.86. The van der Waals surface area contributed by atoms with E-state index in [2.05, 4.69) is 4.98 Å². The molecular formula is C12H15NO4. The zero-order valence-corrected chi connectivity index (χ0v) is 10.0. The van der Waals surface area contributed by atoms with Gasteiger partial charge in [-0.05, 0) is 26.3 Å². The van der Waals surface area contributed by atoms with Gasteiger partial charge in [0.25, 0.3) is 5.56 Å². The highest BCUT2D eigenvalue weighted by molar-refractivity contribution is 5.89. The minimum absolute atomic E-state index is 0.0308. The molecule has 2 unspecified atom stereocenters. The molecule has 5 heteroatoms. The second-order valence-electron chi connectivity index (χ2n) is 4.44. The minimum atomic E-state index is -1.20. The third-order valence-corrected chi connectivity index (χ3v) is 3.14. The lowest BCUT2D eigenvalue weighted by atomic mass is 9.93. The van der Waals surface area contributed by atoms with E-state index in [-0.39, 0.29) is 17.8 Å². The van der Waals surface area contributed by atoms with Gasteiger partial charge in [-0.2, -0.15) is 0 Å². The molecule has 1 aliphatic heterocycles. The van der Waals surface area contributed by atoms with Crippen molar-refractivity contribution in [3.05, 3.63) is 32.7 Å². The Kier molecular flexibility index (Phi) is 2.79. The van der Waals surface area contributed by atoms with E-state index in [9.17, 15) is 9.59 Å². The Morgan fingerprint density at radius 2 is 2.12 bits per heavy atom. The maximum absolute atomic E-state index is 11.7. The first-order valence-corrected chi connectivity index (χ1v) is 5.56. The van der Waals surface area contributed by atoms with Gasteiger partial charge in [-0.25, -0.2) is 4.79 Å². The fourth-order valence-electron chi connectivity index (χ4n) is 2.52. The molecule has 0 fully saturated rings. The molecule has 1 aromatic rings. The van der Waals surface area contributed by atoms with Gasteiger partial charge in [0.2, 0.25) is 0 Å². The van der Waals surface area contributed by atoms with E-state index < -0.39 is 11.5 Å². The average molecular weight is 237 g/mol. The van der Waals surface area contributed by atoms with Crippen molar-refractivity contribution in [3.8, 4) is 0 Å². The number of carboxylic acid groups (broad SMARTS) is 1. The van der Waals surface area contributed by atoms with Gasteiger partial charge >= 0.3 is 5.97 Å². The number of H-pyrrole nitrogens is 1. The Labute approximate surface area is 98.4 Å². The van der Waals surface area contributed by atoms with E-state index >= 15 is 0 Å². The van der Waals surface area contributed by atoms with Crippen molar-refractivity contribution in [2.24, 2.45) is 0 Å². The number of aromatic nitrogens is 1. The topological polar surface area (TPSA) is 79.4 Å². The van der Waals surface area contributed by atoms with Crippen LogP contribution in [-0.2, 0) is 11.2 Å². The predicted octanol–water partition coefficient (Wildman–Crippen LogP) is 1.40. The Morgan fingerprint density at radius 3 is 2.71 bits per heavy atom. The zero-order valence-electron chi connectivity index (χ0n) is 10.0. The minimum Gasteiger partial charge on any atom is -0.477 e. The molecule has 0 spiro atoms. The largest absolute Gasteiger partial charge is 0.477 e. The summed E-state index contributed by atoms with van der Waals surface area (Å²) in [6.45, 7) is 5.46. The number of nitrogens with one attached hydrogen (secondary N) is 1. The van der Waals surface area contributed by atoms with Crippen LogP contribution in [0.3, 0.4) is 0 Å². The summed E-state index contributed by atoms with van der Waals surface area (Å²) in [7, 11) is 0. The molecule has 0 bridgehead atoms. The first kappa shape index (κ1) is 11.9. The highest BCUT2D eigenvalue weighted by atomic mass is 16.5. The average Bonchev–Trinajstić information content (AvgIpc) is 2.13. The molecule has 2 N–H and O–H groups in total. The molecule has 2 heterocycles. The number of hydrogen-bond acceptors (Lipinski definition) is 3. The number of fused-ring (bicyclic) bond motifs is 1. The molecule has 0 saturated carbocycles. The molecule has 0 saturated heterocycles. The van der Waals surface area contributed by atoms with Crippen LogP contribution in [-0.4, -0.2) is 22.2 Å². The second-order valence-corrected chi connectivity index (χ2v) is 4.44. The monoisotopic (exact) mass is 237 g/mol. The lowest BCUT2D eigenvalue weighted by Crippen LogP contribution is -2.30. The van der Waals surface area contributed by atoms with Crippen LogP contribution in [0, 0.1) is 6.92 Å². The number of carbonyl (C=O) groups is 1. The maximum Gasteiger partial charge on any atom is 0.341 e. The van der Waals surface area contributed by atoms with Crippen LogP contribution in [0.4, 0.5) is 0 Å². The van der Waals surface area contributed by atoms with Crippen LogP contribution >= 0.6 is 0 Å². The van der Waals surface area contributed by atoms with Gasteiger partial charge in [-0.1, -0.05) is 0 Å². The van der Waals surface area contributed by atoms with E-state index in [1.807, 2.05) is 13.8 Å². The van der Waals surface area contributed by atoms with Crippen LogP contribution in [0.2, 0.25) is 0 Å². The van der Waals surface area contributed by atoms with Crippen LogP contribution < -0.4 is 5.56 Å². The predicted molar refractivity (Wildman–Crippen MR) is 61.4 cm³/mol. The van der Waals surface area contributed by atoms with Crippen LogP contribution in [0.1, 0.15) is 47.1 Å². The van der Waals surface area contributed by atoms with Crippen molar-refractivity contribution >= 4 is 5.97 Å². The molecule has 2 atom stereocenters. The fourth-order valence-corrected chi connectivity index (χ4v) is 2.52. The van der Waals surface area contributed by atoms with Gasteiger partial charge in [-0.3, -0.25) is 4.79 Å². The zero-order chi connectivity index (χ0) is 12.7. The number of hydrogen-bond donors (Lipinski definition) is 2. The Hall–Kier alpha value is -1.62. The first-order chi connectivity index (χ1) is 7.91. The van der Waals surface area contributed by atoms with Gasteiger partial charge in [0.05, 0.1) is 12.2 Å². The molecule has 2 rings (SSSR count). The summed E-state index contributed by atoms with van der Waals surface area (Å²) in [6, 6.07) is 0. The quantitative estimate of drug-likeness (QED) is 0.773. The third-order valence-electron chi connectivity index (χ3n) is 3.14. The lowest BCUT2D eigenvalue weighted by Gasteiger charge is -2.29. The van der Waals surface area contributed by atoms with Gasteiger partial charge in [0, 0.05) is 17.7 Å². The van der Waals surface area contributed by atoms with E-state index in [1.54, 1.807) is 6.92 Å². The lowest BCUT2D eigenvalue weighted by molar-refractivity contribution is -0.00647. The molecule has 92 valence electrons. The highest BCUT2D eigenvalue weighted by Crippen LogP contribution is 2.31. The Morgan fingerprint density at radius 1 is 1.47 bits per heavy atom. The summed E-state index contributed by atoms with van der Waals surface area (Å²) in [5, 5.41) is 9.03. The smallest absolute Gasteiger partial charge is 0.341 e. The number of carboxylic acids is 1. The number of ether oxygens (including phenoxy) is 1. The first-order valence-electron chi connectivity index (χ1n) is 5.56. The van der Waals surface area contributed by atoms with Crippen LogP contribution in [0.15, 0.2) is 4.79 Å². The summed E-state index contributed by atoms with van der Waals surface area (Å²) in [5.74, 6) is -1.20.